The molecule has 0 aromatic heterocycles. The molecular formula is C9H12N2O2. The van der Waals surface area contributed by atoms with E-state index in [2.05, 4.69) is 0 Å². The number of nitrogens with two attached hydrogens (primary N) is 1. The fourth-order valence-electron chi connectivity index (χ4n) is 0.970. The second-order valence-electron chi connectivity index (χ2n) is 2.97. The number of nitrogens with zero attached hydrogens (tertiary/aromatic N) is 1. The van der Waals surface area contributed by atoms with Gasteiger partial charge in [-0.05, 0) is 18.2 Å². The number of phenols is 1. The third kappa shape index (κ3) is 1.90. The van der Waals surface area contributed by atoms with Crippen LogP contribution in [0.5, 0.6) is 5.75 Å². The Morgan fingerprint density at radius 1 is 1.46 bits per heavy atom. The van der Waals surface area contributed by atoms with Gasteiger partial charge in [-0.25, -0.2) is 0 Å². The molecule has 0 bridgehead atoms. The van der Waals surface area contributed by atoms with Crippen molar-refractivity contribution in [3.05, 3.63) is 23.8 Å². The Hall–Kier alpha value is -1.71. The molecule has 1 rings (SSSR count). The number of benzene rings is 1. The molecule has 1 amide bonds. The molecule has 0 spiro atoms. The number of hydrogen-bond acceptors (Lipinski definition) is 3. The maximum atomic E-state index is 11.5. The van der Waals surface area contributed by atoms with Crippen molar-refractivity contribution in [1.29, 1.82) is 0 Å². The Balaban J connectivity index is 3.13. The number of rotatable bonds is 1. The van der Waals surface area contributed by atoms with E-state index in [1.54, 1.807) is 14.1 Å². The maximum Gasteiger partial charge on any atom is 0.255 e. The molecule has 0 saturated carbocycles. The summed E-state index contributed by atoms with van der Waals surface area (Å²) in [7, 11) is 3.26. The largest absolute Gasteiger partial charge is 0.508 e. The van der Waals surface area contributed by atoms with Crippen LogP contribution < -0.4 is 5.73 Å². The summed E-state index contributed by atoms with van der Waals surface area (Å²) >= 11 is 0. The van der Waals surface area contributed by atoms with Gasteiger partial charge in [0.1, 0.15) is 5.75 Å². The van der Waals surface area contributed by atoms with E-state index in [1.165, 1.54) is 23.1 Å². The van der Waals surface area contributed by atoms with Gasteiger partial charge in [0.15, 0.2) is 0 Å². The lowest BCUT2D eigenvalue weighted by atomic mass is 10.1. The molecule has 1 aromatic carbocycles. The van der Waals surface area contributed by atoms with E-state index in [-0.39, 0.29) is 11.7 Å². The van der Waals surface area contributed by atoms with Crippen LogP contribution in [0.4, 0.5) is 5.69 Å². The Kier molecular flexibility index (Phi) is 2.41. The Labute approximate surface area is 76.6 Å². The van der Waals surface area contributed by atoms with Gasteiger partial charge in [0.05, 0.1) is 5.56 Å². The van der Waals surface area contributed by atoms with E-state index in [0.29, 0.717) is 11.3 Å². The highest BCUT2D eigenvalue weighted by molar-refractivity contribution is 5.99. The second kappa shape index (κ2) is 3.35. The number of amides is 1. The van der Waals surface area contributed by atoms with E-state index < -0.39 is 0 Å². The van der Waals surface area contributed by atoms with Gasteiger partial charge in [0.2, 0.25) is 0 Å². The van der Waals surface area contributed by atoms with Crippen molar-refractivity contribution in [2.24, 2.45) is 0 Å². The smallest absolute Gasteiger partial charge is 0.255 e. The number of phenolic OH excluding ortho intramolecular Hbond substituents is 1. The highest BCUT2D eigenvalue weighted by Crippen LogP contribution is 2.19. The molecule has 0 heterocycles. The standard InChI is InChI=1S/C9H12N2O2/c1-11(2)9(13)7-5-6(12)3-4-8(7)10/h3-5,12H,10H2,1-2H3. The number of aromatic hydroxyl groups is 1. The van der Waals surface area contributed by atoms with Crippen LogP contribution in [0.3, 0.4) is 0 Å². The highest BCUT2D eigenvalue weighted by atomic mass is 16.3. The fourth-order valence-corrected chi connectivity index (χ4v) is 0.970. The lowest BCUT2D eigenvalue weighted by Crippen LogP contribution is -2.22. The topological polar surface area (TPSA) is 66.6 Å². The van der Waals surface area contributed by atoms with E-state index in [4.69, 9.17) is 10.8 Å². The summed E-state index contributed by atoms with van der Waals surface area (Å²) in [6.07, 6.45) is 0. The molecule has 70 valence electrons. The number of nitrogen functional groups attached to an aromatic ring is 1. The van der Waals surface area contributed by atoms with Crippen LogP contribution in [0.15, 0.2) is 18.2 Å². The molecule has 1 aromatic rings. The lowest BCUT2D eigenvalue weighted by molar-refractivity contribution is 0.0828. The normalized spacial score (nSPS) is 9.69. The zero-order valence-electron chi connectivity index (χ0n) is 7.61. The summed E-state index contributed by atoms with van der Waals surface area (Å²) in [4.78, 5) is 12.9. The van der Waals surface area contributed by atoms with Gasteiger partial charge in [-0.1, -0.05) is 0 Å². The molecule has 0 unspecified atom stereocenters. The first-order chi connectivity index (χ1) is 6.02. The molecule has 0 fully saturated rings. The van der Waals surface area contributed by atoms with Crippen LogP contribution >= 0.6 is 0 Å². The number of carbonyl (C=O) groups is 1. The second-order valence-corrected chi connectivity index (χ2v) is 2.97. The Morgan fingerprint density at radius 3 is 2.62 bits per heavy atom. The van der Waals surface area contributed by atoms with Crippen molar-refractivity contribution in [2.75, 3.05) is 19.8 Å². The third-order valence-corrected chi connectivity index (χ3v) is 1.67. The van der Waals surface area contributed by atoms with Gasteiger partial charge < -0.3 is 15.7 Å². The summed E-state index contributed by atoms with van der Waals surface area (Å²) in [5.41, 5.74) is 6.27. The first kappa shape index (κ1) is 9.38. The van der Waals surface area contributed by atoms with Crippen LogP contribution in [0.1, 0.15) is 10.4 Å². The molecule has 4 nitrogen and oxygen atoms in total. The van der Waals surface area contributed by atoms with Crippen molar-refractivity contribution < 1.29 is 9.90 Å². The SMILES string of the molecule is CN(C)C(=O)c1cc(O)ccc1N. The summed E-state index contributed by atoms with van der Waals surface area (Å²) in [5.74, 6) is -0.173. The molecule has 3 N–H and O–H groups in total. The summed E-state index contributed by atoms with van der Waals surface area (Å²) in [6, 6.07) is 4.31. The molecule has 0 saturated heterocycles. The number of anilines is 1. The lowest BCUT2D eigenvalue weighted by Gasteiger charge is -2.11. The molecule has 13 heavy (non-hydrogen) atoms. The van der Waals surface area contributed by atoms with Gasteiger partial charge in [-0.15, -0.1) is 0 Å². The predicted octanol–water partition coefficient (Wildman–Crippen LogP) is 0.676. The Morgan fingerprint density at radius 2 is 2.08 bits per heavy atom. The quantitative estimate of drug-likeness (QED) is 0.493. The fraction of sp³-hybridized carbons (Fsp3) is 0.222. The minimum absolute atomic E-state index is 0.0411. The molecule has 0 aliphatic rings. The summed E-state index contributed by atoms with van der Waals surface area (Å²) in [6.45, 7) is 0. The minimum atomic E-state index is -0.214. The van der Waals surface area contributed by atoms with E-state index in [0.717, 1.165) is 0 Å². The molecule has 0 atom stereocenters. The minimum Gasteiger partial charge on any atom is -0.508 e. The molecule has 0 aliphatic heterocycles. The van der Waals surface area contributed by atoms with Gasteiger partial charge in [0, 0.05) is 19.8 Å². The van der Waals surface area contributed by atoms with Crippen LogP contribution in [-0.4, -0.2) is 30.0 Å². The van der Waals surface area contributed by atoms with Crippen molar-refractivity contribution in [1.82, 2.24) is 4.90 Å². The van der Waals surface area contributed by atoms with Gasteiger partial charge >= 0.3 is 0 Å². The van der Waals surface area contributed by atoms with Crippen LogP contribution in [-0.2, 0) is 0 Å². The molecular weight excluding hydrogens is 168 g/mol. The van der Waals surface area contributed by atoms with Gasteiger partial charge in [0.25, 0.3) is 5.91 Å². The third-order valence-electron chi connectivity index (χ3n) is 1.67. The van der Waals surface area contributed by atoms with Gasteiger partial charge in [-0.2, -0.15) is 0 Å². The molecule has 0 radical (unpaired) electrons. The van der Waals surface area contributed by atoms with Crippen molar-refractivity contribution >= 4 is 11.6 Å². The number of hydrogen-bond donors (Lipinski definition) is 2. The van der Waals surface area contributed by atoms with Crippen LogP contribution in [0, 0.1) is 0 Å². The average Bonchev–Trinajstić information content (AvgIpc) is 2.08. The van der Waals surface area contributed by atoms with E-state index in [1.807, 2.05) is 0 Å². The van der Waals surface area contributed by atoms with Gasteiger partial charge in [-0.3, -0.25) is 4.79 Å². The maximum absolute atomic E-state index is 11.5. The van der Waals surface area contributed by atoms with Crippen LogP contribution in [0.2, 0.25) is 0 Å². The number of carbonyl (C=O) groups excluding carboxylic acids is 1. The first-order valence-corrected chi connectivity index (χ1v) is 3.82. The summed E-state index contributed by atoms with van der Waals surface area (Å²) < 4.78 is 0. The molecule has 0 aliphatic carbocycles. The monoisotopic (exact) mass is 180 g/mol. The summed E-state index contributed by atoms with van der Waals surface area (Å²) in [5, 5.41) is 9.14. The average molecular weight is 180 g/mol. The zero-order chi connectivity index (χ0) is 10.0. The van der Waals surface area contributed by atoms with Crippen LogP contribution in [0.25, 0.3) is 0 Å². The molecule has 4 heteroatoms. The van der Waals surface area contributed by atoms with Crippen molar-refractivity contribution in [2.45, 2.75) is 0 Å². The van der Waals surface area contributed by atoms with E-state index >= 15 is 0 Å². The van der Waals surface area contributed by atoms with Crippen molar-refractivity contribution in [3.8, 4) is 5.75 Å². The first-order valence-electron chi connectivity index (χ1n) is 3.82. The van der Waals surface area contributed by atoms with E-state index in [9.17, 15) is 4.79 Å². The highest BCUT2D eigenvalue weighted by Gasteiger charge is 2.11. The Bertz CT molecular complexity index is 334. The zero-order valence-corrected chi connectivity index (χ0v) is 7.61. The predicted molar refractivity (Wildman–Crippen MR) is 50.5 cm³/mol. The van der Waals surface area contributed by atoms with Crippen molar-refractivity contribution in [3.63, 3.8) is 0 Å².